The number of halogens is 2. The molecular weight excluding hydrogens is 293 g/mol. The highest BCUT2D eigenvalue weighted by molar-refractivity contribution is 7.98. The summed E-state index contributed by atoms with van der Waals surface area (Å²) in [5.74, 6) is -0.186. The summed E-state index contributed by atoms with van der Waals surface area (Å²) in [5, 5.41) is 0.665. The van der Waals surface area contributed by atoms with Gasteiger partial charge in [-0.3, -0.25) is 9.59 Å². The summed E-state index contributed by atoms with van der Waals surface area (Å²) in [5.41, 5.74) is 0.693. The fourth-order valence-corrected chi connectivity index (χ4v) is 2.85. The number of benzene rings is 1. The minimum Gasteiger partial charge on any atom is -0.303 e. The van der Waals surface area contributed by atoms with Crippen molar-refractivity contribution in [2.24, 2.45) is 0 Å². The van der Waals surface area contributed by atoms with E-state index in [9.17, 15) is 9.59 Å². The molecule has 6 heteroatoms. The molecule has 0 saturated heterocycles. The van der Waals surface area contributed by atoms with Crippen molar-refractivity contribution in [3.8, 4) is 0 Å². The van der Waals surface area contributed by atoms with Crippen LogP contribution in [0.1, 0.15) is 16.8 Å². The maximum Gasteiger partial charge on any atom is 0.299 e. The first-order chi connectivity index (χ1) is 8.57. The molecule has 0 fully saturated rings. The first-order valence-electron chi connectivity index (χ1n) is 5.41. The Morgan fingerprint density at radius 1 is 1.22 bits per heavy atom. The van der Waals surface area contributed by atoms with Crippen LogP contribution < -0.4 is 4.90 Å². The molecule has 0 saturated carbocycles. The van der Waals surface area contributed by atoms with Gasteiger partial charge >= 0.3 is 0 Å². The molecule has 1 aromatic rings. The van der Waals surface area contributed by atoms with Gasteiger partial charge in [-0.2, -0.15) is 11.8 Å². The van der Waals surface area contributed by atoms with Gasteiger partial charge in [0.05, 0.1) is 21.3 Å². The lowest BCUT2D eigenvalue weighted by molar-refractivity contribution is -0.114. The zero-order valence-electron chi connectivity index (χ0n) is 9.70. The third-order valence-corrected chi connectivity index (χ3v) is 4.06. The average Bonchev–Trinajstić information content (AvgIpc) is 2.60. The second-order valence-corrected chi connectivity index (χ2v) is 5.69. The monoisotopic (exact) mass is 303 g/mol. The fourth-order valence-electron chi connectivity index (χ4n) is 1.93. The average molecular weight is 304 g/mol. The number of nitrogens with zero attached hydrogens (tertiary/aromatic N) is 1. The Labute approximate surface area is 119 Å². The first-order valence-corrected chi connectivity index (χ1v) is 7.56. The standard InChI is InChI=1S/C12H11Cl2NO2S/c1-18-6-2-5-15-10-8(14)4-3-7(13)9(10)11(16)12(15)17/h3-4H,2,5-6H2,1H3. The zero-order chi connectivity index (χ0) is 13.3. The number of rotatable bonds is 4. The summed E-state index contributed by atoms with van der Waals surface area (Å²) in [6, 6.07) is 3.15. The van der Waals surface area contributed by atoms with Crippen molar-refractivity contribution < 1.29 is 9.59 Å². The SMILES string of the molecule is CSCCCN1C(=O)C(=O)c2c(Cl)ccc(Cl)c21. The first kappa shape index (κ1) is 13.7. The van der Waals surface area contributed by atoms with E-state index < -0.39 is 11.7 Å². The molecule has 0 bridgehead atoms. The molecule has 2 rings (SSSR count). The van der Waals surface area contributed by atoms with Crippen molar-refractivity contribution in [3.63, 3.8) is 0 Å². The summed E-state index contributed by atoms with van der Waals surface area (Å²) in [7, 11) is 0. The molecule has 0 unspecified atom stereocenters. The maximum absolute atomic E-state index is 11.9. The number of anilines is 1. The number of carbonyl (C=O) groups excluding carboxylic acids is 2. The smallest absolute Gasteiger partial charge is 0.299 e. The van der Waals surface area contributed by atoms with Crippen molar-refractivity contribution in [3.05, 3.63) is 27.7 Å². The molecule has 0 aromatic heterocycles. The number of hydrogen-bond acceptors (Lipinski definition) is 3. The van der Waals surface area contributed by atoms with Gasteiger partial charge in [0, 0.05) is 6.54 Å². The number of thioether (sulfide) groups is 1. The molecule has 0 atom stereocenters. The van der Waals surface area contributed by atoms with Crippen LogP contribution in [0.2, 0.25) is 10.0 Å². The van der Waals surface area contributed by atoms with Crippen LogP contribution in [-0.2, 0) is 4.79 Å². The zero-order valence-corrected chi connectivity index (χ0v) is 12.0. The van der Waals surface area contributed by atoms with E-state index in [0.717, 1.165) is 12.2 Å². The van der Waals surface area contributed by atoms with E-state index in [4.69, 9.17) is 23.2 Å². The van der Waals surface area contributed by atoms with Crippen LogP contribution >= 0.6 is 35.0 Å². The Kier molecular flexibility index (Phi) is 4.20. The predicted molar refractivity (Wildman–Crippen MR) is 76.1 cm³/mol. The van der Waals surface area contributed by atoms with E-state index in [1.807, 2.05) is 6.26 Å². The maximum atomic E-state index is 11.9. The third kappa shape index (κ3) is 2.25. The molecule has 3 nitrogen and oxygen atoms in total. The van der Waals surface area contributed by atoms with Crippen LogP contribution in [0.25, 0.3) is 0 Å². The highest BCUT2D eigenvalue weighted by atomic mass is 35.5. The van der Waals surface area contributed by atoms with E-state index >= 15 is 0 Å². The lowest BCUT2D eigenvalue weighted by Gasteiger charge is -2.17. The highest BCUT2D eigenvalue weighted by Crippen LogP contribution is 2.39. The van der Waals surface area contributed by atoms with E-state index in [1.165, 1.54) is 4.90 Å². The second-order valence-electron chi connectivity index (χ2n) is 3.89. The molecule has 0 aliphatic carbocycles. The molecule has 0 spiro atoms. The Morgan fingerprint density at radius 3 is 2.56 bits per heavy atom. The van der Waals surface area contributed by atoms with Gasteiger partial charge in [-0.25, -0.2) is 0 Å². The summed E-state index contributed by atoms with van der Waals surface area (Å²) in [6.45, 7) is 0.485. The van der Waals surface area contributed by atoms with Crippen LogP contribution in [0.3, 0.4) is 0 Å². The van der Waals surface area contributed by atoms with Crippen LogP contribution in [0.15, 0.2) is 12.1 Å². The van der Waals surface area contributed by atoms with Crippen molar-refractivity contribution in [2.45, 2.75) is 6.42 Å². The van der Waals surface area contributed by atoms with Crippen LogP contribution in [-0.4, -0.2) is 30.2 Å². The highest BCUT2D eigenvalue weighted by Gasteiger charge is 2.38. The predicted octanol–water partition coefficient (Wildman–Crippen LogP) is 3.28. The molecule has 1 aliphatic heterocycles. The molecule has 18 heavy (non-hydrogen) atoms. The molecule has 1 aliphatic rings. The summed E-state index contributed by atoms with van der Waals surface area (Å²) < 4.78 is 0. The topological polar surface area (TPSA) is 37.4 Å². The molecule has 1 heterocycles. The van der Waals surface area contributed by atoms with Gasteiger partial charge in [0.2, 0.25) is 0 Å². The molecule has 1 amide bonds. The fraction of sp³-hybridized carbons (Fsp3) is 0.333. The molecule has 0 radical (unpaired) electrons. The summed E-state index contributed by atoms with van der Waals surface area (Å²) >= 11 is 13.7. The van der Waals surface area contributed by atoms with E-state index in [0.29, 0.717) is 17.3 Å². The number of hydrogen-bond donors (Lipinski definition) is 0. The normalized spacial score (nSPS) is 14.3. The van der Waals surface area contributed by atoms with Crippen molar-refractivity contribution in [1.29, 1.82) is 0 Å². The van der Waals surface area contributed by atoms with Gasteiger partial charge in [0.1, 0.15) is 0 Å². The van der Waals surface area contributed by atoms with Gasteiger partial charge in [-0.1, -0.05) is 23.2 Å². The van der Waals surface area contributed by atoms with Crippen molar-refractivity contribution in [1.82, 2.24) is 0 Å². The number of amides is 1. The van der Waals surface area contributed by atoms with E-state index in [-0.39, 0.29) is 10.6 Å². The summed E-state index contributed by atoms with van der Waals surface area (Å²) in [6.07, 6.45) is 2.80. The minimum absolute atomic E-state index is 0.235. The van der Waals surface area contributed by atoms with Gasteiger partial charge < -0.3 is 4.90 Å². The Morgan fingerprint density at radius 2 is 1.89 bits per heavy atom. The molecular formula is C12H11Cl2NO2S. The Hall–Kier alpha value is -0.710. The largest absolute Gasteiger partial charge is 0.303 e. The number of ketones is 1. The number of Topliss-reactive ketones (excluding diaryl/α,β-unsaturated/α-hetero) is 1. The number of carbonyl (C=O) groups is 2. The van der Waals surface area contributed by atoms with E-state index in [1.54, 1.807) is 23.9 Å². The van der Waals surface area contributed by atoms with Crippen molar-refractivity contribution >= 4 is 52.3 Å². The minimum atomic E-state index is -0.568. The molecule has 1 aromatic carbocycles. The second kappa shape index (κ2) is 5.51. The van der Waals surface area contributed by atoms with Crippen LogP contribution in [0, 0.1) is 0 Å². The van der Waals surface area contributed by atoms with E-state index in [2.05, 4.69) is 0 Å². The number of fused-ring (bicyclic) bond motifs is 1. The lowest BCUT2D eigenvalue weighted by Crippen LogP contribution is -2.31. The van der Waals surface area contributed by atoms with Gasteiger partial charge in [0.25, 0.3) is 11.7 Å². The quantitative estimate of drug-likeness (QED) is 0.633. The summed E-state index contributed by atoms with van der Waals surface area (Å²) in [4.78, 5) is 25.2. The van der Waals surface area contributed by atoms with Gasteiger partial charge in [0.15, 0.2) is 0 Å². The van der Waals surface area contributed by atoms with Crippen LogP contribution in [0.5, 0.6) is 0 Å². The lowest BCUT2D eigenvalue weighted by atomic mass is 10.1. The Balaban J connectivity index is 2.39. The molecule has 0 N–H and O–H groups in total. The third-order valence-electron chi connectivity index (χ3n) is 2.74. The molecule has 96 valence electrons. The van der Waals surface area contributed by atoms with Crippen molar-refractivity contribution in [2.75, 3.05) is 23.5 Å². The van der Waals surface area contributed by atoms with Gasteiger partial charge in [-0.15, -0.1) is 0 Å². The van der Waals surface area contributed by atoms with Gasteiger partial charge in [-0.05, 0) is 30.6 Å². The van der Waals surface area contributed by atoms with Crippen LogP contribution in [0.4, 0.5) is 5.69 Å². The Bertz CT molecular complexity index is 519.